The topological polar surface area (TPSA) is 87.3 Å². The molecule has 1 aromatic heterocycles. The van der Waals surface area contributed by atoms with E-state index >= 15 is 0 Å². The average Bonchev–Trinajstić information content (AvgIpc) is 2.89. The van der Waals surface area contributed by atoms with Crippen molar-refractivity contribution in [2.75, 3.05) is 26.8 Å². The van der Waals surface area contributed by atoms with Crippen molar-refractivity contribution in [1.29, 1.82) is 0 Å². The molecule has 0 aliphatic carbocycles. The predicted octanol–water partition coefficient (Wildman–Crippen LogP) is 0.955. The summed E-state index contributed by atoms with van der Waals surface area (Å²) in [6.07, 6.45) is 2.55. The molecule has 21 heavy (non-hydrogen) atoms. The average molecular weight is 318 g/mol. The summed E-state index contributed by atoms with van der Waals surface area (Å²) >= 11 is 0. The highest BCUT2D eigenvalue weighted by Crippen LogP contribution is 2.19. The molecule has 0 aliphatic heterocycles. The maximum atomic E-state index is 12.8. The fourth-order valence-corrected chi connectivity index (χ4v) is 3.94. The summed E-state index contributed by atoms with van der Waals surface area (Å²) in [6, 6.07) is -0.232. The van der Waals surface area contributed by atoms with Gasteiger partial charge in [-0.15, -0.1) is 0 Å². The van der Waals surface area contributed by atoms with Crippen molar-refractivity contribution in [1.82, 2.24) is 19.8 Å². The summed E-state index contributed by atoms with van der Waals surface area (Å²) in [7, 11) is -2.04. The molecule has 1 aromatic rings. The molecule has 122 valence electrons. The van der Waals surface area contributed by atoms with E-state index in [2.05, 4.69) is 22.4 Å². The molecule has 8 heteroatoms. The Kier molecular flexibility index (Phi) is 7.30. The first-order chi connectivity index (χ1) is 9.98. The lowest BCUT2D eigenvalue weighted by atomic mass is 10.3. The highest BCUT2D eigenvalue weighted by molar-refractivity contribution is 7.89. The molecule has 2 N–H and O–H groups in total. The standard InChI is InChI=1S/C13H26N4O3S/c1-5-7-14-8-12-9-15-16-13(12)21(18,19)17(6-2)11(3)10-20-4/h9,11,14H,5-8,10H2,1-4H3,(H,15,16). The van der Waals surface area contributed by atoms with Crippen LogP contribution in [0.1, 0.15) is 32.8 Å². The third kappa shape index (κ3) is 4.50. The SMILES string of the molecule is CCCNCc1cn[nH]c1S(=O)(=O)N(CC)C(C)COC. The van der Waals surface area contributed by atoms with Gasteiger partial charge in [-0.25, -0.2) is 8.42 Å². The Morgan fingerprint density at radius 3 is 2.76 bits per heavy atom. The van der Waals surface area contributed by atoms with Gasteiger partial charge in [-0.05, 0) is 19.9 Å². The fourth-order valence-electron chi connectivity index (χ4n) is 2.21. The number of nitrogens with zero attached hydrogens (tertiary/aromatic N) is 2. The van der Waals surface area contributed by atoms with Crippen molar-refractivity contribution in [2.45, 2.75) is 44.8 Å². The minimum atomic E-state index is -3.60. The van der Waals surface area contributed by atoms with Crippen molar-refractivity contribution >= 4 is 10.0 Å². The van der Waals surface area contributed by atoms with Gasteiger partial charge in [0.1, 0.15) is 0 Å². The molecule has 0 saturated heterocycles. The van der Waals surface area contributed by atoms with Crippen molar-refractivity contribution in [3.05, 3.63) is 11.8 Å². The Morgan fingerprint density at radius 2 is 2.19 bits per heavy atom. The molecule has 0 radical (unpaired) electrons. The van der Waals surface area contributed by atoms with Crippen LogP contribution in [0, 0.1) is 0 Å². The first-order valence-corrected chi connectivity index (χ1v) is 8.66. The van der Waals surface area contributed by atoms with Crippen LogP contribution in [0.15, 0.2) is 11.2 Å². The van der Waals surface area contributed by atoms with E-state index in [-0.39, 0.29) is 11.1 Å². The van der Waals surface area contributed by atoms with Crippen LogP contribution in [0.25, 0.3) is 0 Å². The quantitative estimate of drug-likeness (QED) is 0.627. The summed E-state index contributed by atoms with van der Waals surface area (Å²) in [5.41, 5.74) is 0.659. The van der Waals surface area contributed by atoms with Crippen LogP contribution in [0.3, 0.4) is 0 Å². The van der Waals surface area contributed by atoms with E-state index in [1.54, 1.807) is 13.3 Å². The molecule has 0 aromatic carbocycles. The van der Waals surface area contributed by atoms with E-state index in [4.69, 9.17) is 4.74 Å². The van der Waals surface area contributed by atoms with Crippen LogP contribution in [-0.2, 0) is 21.3 Å². The highest BCUT2D eigenvalue weighted by Gasteiger charge is 2.31. The zero-order valence-electron chi connectivity index (χ0n) is 13.2. The first-order valence-electron chi connectivity index (χ1n) is 7.22. The number of likely N-dealkylation sites (N-methyl/N-ethyl adjacent to an activating group) is 1. The second-order valence-corrected chi connectivity index (χ2v) is 6.74. The Balaban J connectivity index is 2.98. The molecule has 1 heterocycles. The molecule has 0 saturated carbocycles. The summed E-state index contributed by atoms with van der Waals surface area (Å²) in [4.78, 5) is 0. The number of H-pyrrole nitrogens is 1. The van der Waals surface area contributed by atoms with Gasteiger partial charge in [0.25, 0.3) is 10.0 Å². The van der Waals surface area contributed by atoms with Crippen LogP contribution in [-0.4, -0.2) is 55.8 Å². The Hall–Kier alpha value is -0.960. The Morgan fingerprint density at radius 1 is 1.48 bits per heavy atom. The van der Waals surface area contributed by atoms with Crippen molar-refractivity contribution in [3.8, 4) is 0 Å². The van der Waals surface area contributed by atoms with Gasteiger partial charge < -0.3 is 10.1 Å². The lowest BCUT2D eigenvalue weighted by Gasteiger charge is -2.26. The van der Waals surface area contributed by atoms with Crippen molar-refractivity contribution in [3.63, 3.8) is 0 Å². The van der Waals surface area contributed by atoms with E-state index in [9.17, 15) is 8.42 Å². The van der Waals surface area contributed by atoms with Gasteiger partial charge in [0, 0.05) is 31.8 Å². The lowest BCUT2D eigenvalue weighted by Crippen LogP contribution is -2.41. The van der Waals surface area contributed by atoms with E-state index in [1.165, 1.54) is 4.31 Å². The summed E-state index contributed by atoms with van der Waals surface area (Å²) in [6.45, 7) is 7.76. The molecule has 1 rings (SSSR count). The smallest absolute Gasteiger partial charge is 0.260 e. The second-order valence-electron chi connectivity index (χ2n) is 4.91. The fraction of sp³-hybridized carbons (Fsp3) is 0.769. The number of ether oxygens (including phenoxy) is 1. The lowest BCUT2D eigenvalue weighted by molar-refractivity contribution is 0.142. The molecule has 1 atom stereocenters. The van der Waals surface area contributed by atoms with Crippen LogP contribution >= 0.6 is 0 Å². The first kappa shape index (κ1) is 18.1. The van der Waals surface area contributed by atoms with Crippen LogP contribution < -0.4 is 5.32 Å². The number of hydrogen-bond donors (Lipinski definition) is 2. The van der Waals surface area contributed by atoms with E-state index in [1.807, 2.05) is 13.8 Å². The molecular formula is C13H26N4O3S. The molecular weight excluding hydrogens is 292 g/mol. The Bertz CT molecular complexity index is 515. The van der Waals surface area contributed by atoms with Gasteiger partial charge in [0.2, 0.25) is 0 Å². The van der Waals surface area contributed by atoms with Crippen molar-refractivity contribution in [2.24, 2.45) is 0 Å². The molecule has 0 bridgehead atoms. The minimum Gasteiger partial charge on any atom is -0.383 e. The normalized spacial score (nSPS) is 13.8. The van der Waals surface area contributed by atoms with Gasteiger partial charge in [-0.3, -0.25) is 5.10 Å². The number of methoxy groups -OCH3 is 1. The van der Waals surface area contributed by atoms with E-state index < -0.39 is 10.0 Å². The van der Waals surface area contributed by atoms with Gasteiger partial charge in [-0.2, -0.15) is 9.40 Å². The van der Waals surface area contributed by atoms with Crippen LogP contribution in [0.5, 0.6) is 0 Å². The van der Waals surface area contributed by atoms with Crippen LogP contribution in [0.4, 0.5) is 0 Å². The predicted molar refractivity (Wildman–Crippen MR) is 81.5 cm³/mol. The van der Waals surface area contributed by atoms with Gasteiger partial charge in [0.05, 0.1) is 12.8 Å². The zero-order valence-corrected chi connectivity index (χ0v) is 14.0. The summed E-state index contributed by atoms with van der Waals surface area (Å²) in [5, 5.41) is 9.87. The van der Waals surface area contributed by atoms with Crippen LogP contribution in [0.2, 0.25) is 0 Å². The molecule has 0 aliphatic rings. The van der Waals surface area contributed by atoms with Gasteiger partial charge in [-0.1, -0.05) is 13.8 Å². The number of sulfonamides is 1. The van der Waals surface area contributed by atoms with E-state index in [0.717, 1.165) is 13.0 Å². The van der Waals surface area contributed by atoms with Gasteiger partial charge in [0.15, 0.2) is 5.03 Å². The minimum absolute atomic E-state index is 0.163. The Labute approximate surface area is 127 Å². The number of aromatic amines is 1. The molecule has 0 fully saturated rings. The third-order valence-corrected chi connectivity index (χ3v) is 5.30. The highest BCUT2D eigenvalue weighted by atomic mass is 32.2. The number of aromatic nitrogens is 2. The molecule has 7 nitrogen and oxygen atoms in total. The largest absolute Gasteiger partial charge is 0.383 e. The summed E-state index contributed by atoms with van der Waals surface area (Å²) < 4.78 is 32.0. The van der Waals surface area contributed by atoms with Crippen molar-refractivity contribution < 1.29 is 13.2 Å². The summed E-state index contributed by atoms with van der Waals surface area (Å²) in [5.74, 6) is 0. The molecule has 0 spiro atoms. The maximum absolute atomic E-state index is 12.8. The zero-order chi connectivity index (χ0) is 15.9. The molecule has 0 amide bonds. The second kappa shape index (κ2) is 8.47. The number of nitrogens with one attached hydrogen (secondary N) is 2. The number of rotatable bonds is 10. The monoisotopic (exact) mass is 318 g/mol. The van der Waals surface area contributed by atoms with E-state index in [0.29, 0.717) is 25.3 Å². The van der Waals surface area contributed by atoms with Gasteiger partial charge >= 0.3 is 0 Å². The number of hydrogen-bond acceptors (Lipinski definition) is 5. The maximum Gasteiger partial charge on any atom is 0.260 e. The molecule has 1 unspecified atom stereocenters. The third-order valence-electron chi connectivity index (χ3n) is 3.20.